The average Bonchev–Trinajstić information content (AvgIpc) is 2.24. The molecule has 0 amide bonds. The zero-order valence-corrected chi connectivity index (χ0v) is 9.67. The van der Waals surface area contributed by atoms with Crippen molar-refractivity contribution in [2.75, 3.05) is 6.61 Å². The first-order valence-electron chi connectivity index (χ1n) is 4.77. The summed E-state index contributed by atoms with van der Waals surface area (Å²) in [7, 11) is 0. The highest BCUT2D eigenvalue weighted by Gasteiger charge is 2.18. The Kier molecular flexibility index (Phi) is 4.62. The molecule has 1 aromatic heterocycles. The maximum absolute atomic E-state index is 12.4. The van der Waals surface area contributed by atoms with Crippen LogP contribution < -0.4 is 0 Å². The lowest BCUT2D eigenvalue weighted by atomic mass is 10.1. The van der Waals surface area contributed by atoms with E-state index in [0.717, 1.165) is 6.07 Å². The number of alkyl halides is 2. The van der Waals surface area contributed by atoms with Crippen molar-refractivity contribution in [2.45, 2.75) is 19.8 Å². The van der Waals surface area contributed by atoms with Crippen LogP contribution in [0.5, 0.6) is 5.75 Å². The van der Waals surface area contributed by atoms with E-state index in [4.69, 9.17) is 11.6 Å². The molecule has 0 fully saturated rings. The second-order valence-corrected chi connectivity index (χ2v) is 3.49. The summed E-state index contributed by atoms with van der Waals surface area (Å²) in [5.41, 5.74) is -0.620. The summed E-state index contributed by atoms with van der Waals surface area (Å²) in [6.45, 7) is 1.78. The molecule has 94 valence electrons. The van der Waals surface area contributed by atoms with Crippen molar-refractivity contribution < 1.29 is 23.4 Å². The molecule has 0 bridgehead atoms. The van der Waals surface area contributed by atoms with Crippen molar-refractivity contribution in [1.82, 2.24) is 4.98 Å². The van der Waals surface area contributed by atoms with Gasteiger partial charge in [-0.05, 0) is 13.0 Å². The number of carbonyl (C=O) groups is 1. The van der Waals surface area contributed by atoms with E-state index in [1.54, 1.807) is 6.92 Å². The van der Waals surface area contributed by atoms with Crippen LogP contribution in [-0.2, 0) is 16.0 Å². The summed E-state index contributed by atoms with van der Waals surface area (Å²) in [5, 5.41) is 9.02. The maximum Gasteiger partial charge on any atom is 0.310 e. The van der Waals surface area contributed by atoms with E-state index in [9.17, 15) is 18.7 Å². The fraction of sp³-hybridized carbons (Fsp3) is 0.400. The molecule has 17 heavy (non-hydrogen) atoms. The normalized spacial score (nSPS) is 10.6. The Bertz CT molecular complexity index is 426. The molecular weight excluding hydrogens is 256 g/mol. The van der Waals surface area contributed by atoms with E-state index in [1.807, 2.05) is 0 Å². The van der Waals surface area contributed by atoms with Crippen molar-refractivity contribution in [3.8, 4) is 5.75 Å². The molecule has 0 spiro atoms. The molecule has 0 radical (unpaired) electrons. The molecule has 1 N–H and O–H groups in total. The van der Waals surface area contributed by atoms with Crippen LogP contribution in [-0.4, -0.2) is 22.7 Å². The highest BCUT2D eigenvalue weighted by molar-refractivity contribution is 6.30. The number of aromatic hydroxyl groups is 1. The van der Waals surface area contributed by atoms with Gasteiger partial charge in [0.15, 0.2) is 10.9 Å². The van der Waals surface area contributed by atoms with Crippen LogP contribution in [0.2, 0.25) is 5.15 Å². The number of pyridine rings is 1. The molecule has 1 heterocycles. The van der Waals surface area contributed by atoms with Crippen LogP contribution >= 0.6 is 11.6 Å². The van der Waals surface area contributed by atoms with Crippen LogP contribution in [0.1, 0.15) is 24.6 Å². The quantitative estimate of drug-likeness (QED) is 0.671. The van der Waals surface area contributed by atoms with Crippen molar-refractivity contribution in [1.29, 1.82) is 0 Å². The molecule has 0 unspecified atom stereocenters. The Labute approximate surface area is 101 Å². The standard InChI is InChI=1S/C10H10ClF2NO3/c1-2-17-7(15)4-5-3-6(10(12)13)14-9(11)8(5)16/h3,10,16H,2,4H2,1H3. The van der Waals surface area contributed by atoms with Crippen LogP contribution in [0.25, 0.3) is 0 Å². The number of hydrogen-bond donors (Lipinski definition) is 1. The molecule has 0 atom stereocenters. The first-order valence-corrected chi connectivity index (χ1v) is 5.15. The molecule has 0 aliphatic heterocycles. The highest BCUT2D eigenvalue weighted by Crippen LogP contribution is 2.30. The second-order valence-electron chi connectivity index (χ2n) is 3.13. The van der Waals surface area contributed by atoms with Gasteiger partial charge in [-0.25, -0.2) is 13.8 Å². The summed E-state index contributed by atoms with van der Waals surface area (Å²) in [4.78, 5) is 14.5. The van der Waals surface area contributed by atoms with E-state index in [1.165, 1.54) is 0 Å². The van der Waals surface area contributed by atoms with Gasteiger partial charge in [-0.15, -0.1) is 0 Å². The third-order valence-electron chi connectivity index (χ3n) is 1.91. The number of rotatable bonds is 4. The number of nitrogens with zero attached hydrogens (tertiary/aromatic N) is 1. The number of aromatic nitrogens is 1. The van der Waals surface area contributed by atoms with E-state index in [-0.39, 0.29) is 18.6 Å². The van der Waals surface area contributed by atoms with Crippen molar-refractivity contribution in [3.63, 3.8) is 0 Å². The monoisotopic (exact) mass is 265 g/mol. The Hall–Kier alpha value is -1.43. The van der Waals surface area contributed by atoms with E-state index in [0.29, 0.717) is 0 Å². The fourth-order valence-electron chi connectivity index (χ4n) is 1.19. The first-order chi connectivity index (χ1) is 7.95. The lowest BCUT2D eigenvalue weighted by Crippen LogP contribution is -2.08. The van der Waals surface area contributed by atoms with Crippen LogP contribution in [0.4, 0.5) is 8.78 Å². The van der Waals surface area contributed by atoms with Gasteiger partial charge >= 0.3 is 5.97 Å². The lowest BCUT2D eigenvalue weighted by molar-refractivity contribution is -0.142. The van der Waals surface area contributed by atoms with Crippen molar-refractivity contribution in [2.24, 2.45) is 0 Å². The minimum absolute atomic E-state index is 0.0289. The number of carbonyl (C=O) groups excluding carboxylic acids is 1. The van der Waals surface area contributed by atoms with E-state index in [2.05, 4.69) is 9.72 Å². The molecule has 4 nitrogen and oxygen atoms in total. The van der Waals surface area contributed by atoms with Gasteiger partial charge in [0, 0.05) is 5.56 Å². The zero-order valence-electron chi connectivity index (χ0n) is 8.91. The van der Waals surface area contributed by atoms with Crippen LogP contribution in [0.15, 0.2) is 6.07 Å². The zero-order chi connectivity index (χ0) is 13.0. The molecule has 0 saturated heterocycles. The summed E-state index contributed by atoms with van der Waals surface area (Å²) in [5.74, 6) is -1.12. The van der Waals surface area contributed by atoms with Gasteiger partial charge in [-0.3, -0.25) is 4.79 Å². The Morgan fingerprint density at radius 1 is 1.65 bits per heavy atom. The molecule has 0 aromatic carbocycles. The number of hydrogen-bond acceptors (Lipinski definition) is 4. The first kappa shape index (κ1) is 13.6. The van der Waals surface area contributed by atoms with Gasteiger partial charge in [-0.1, -0.05) is 11.6 Å². The molecule has 7 heteroatoms. The lowest BCUT2D eigenvalue weighted by Gasteiger charge is -2.08. The third-order valence-corrected chi connectivity index (χ3v) is 2.18. The predicted octanol–water partition coefficient (Wildman–Crippen LogP) is 2.48. The minimum atomic E-state index is -2.82. The number of halogens is 3. The minimum Gasteiger partial charge on any atom is -0.504 e. The fourth-order valence-corrected chi connectivity index (χ4v) is 1.41. The summed E-state index contributed by atoms with van der Waals surface area (Å²) in [6, 6.07) is 0.933. The average molecular weight is 266 g/mol. The molecule has 0 aliphatic carbocycles. The molecule has 0 aliphatic rings. The summed E-state index contributed by atoms with van der Waals surface area (Å²) >= 11 is 5.48. The third kappa shape index (κ3) is 3.52. The Morgan fingerprint density at radius 2 is 2.29 bits per heavy atom. The van der Waals surface area contributed by atoms with E-state index >= 15 is 0 Å². The predicted molar refractivity (Wildman–Crippen MR) is 56.2 cm³/mol. The van der Waals surface area contributed by atoms with Crippen LogP contribution in [0, 0.1) is 0 Å². The SMILES string of the molecule is CCOC(=O)Cc1cc(C(F)F)nc(Cl)c1O. The maximum atomic E-state index is 12.4. The number of esters is 1. The Balaban J connectivity index is 3.01. The molecule has 1 rings (SSSR count). The van der Waals surface area contributed by atoms with Gasteiger partial charge in [-0.2, -0.15) is 0 Å². The Morgan fingerprint density at radius 3 is 2.82 bits per heavy atom. The van der Waals surface area contributed by atoms with Gasteiger partial charge in [0.2, 0.25) is 0 Å². The largest absolute Gasteiger partial charge is 0.504 e. The van der Waals surface area contributed by atoms with Crippen molar-refractivity contribution >= 4 is 17.6 Å². The van der Waals surface area contributed by atoms with Gasteiger partial charge < -0.3 is 9.84 Å². The van der Waals surface area contributed by atoms with Crippen molar-refractivity contribution in [3.05, 3.63) is 22.5 Å². The second kappa shape index (κ2) is 5.77. The molecule has 1 aromatic rings. The van der Waals surface area contributed by atoms with Gasteiger partial charge in [0.25, 0.3) is 6.43 Å². The smallest absolute Gasteiger partial charge is 0.310 e. The summed E-state index contributed by atoms with van der Waals surface area (Å²) < 4.78 is 29.5. The van der Waals surface area contributed by atoms with Crippen LogP contribution in [0.3, 0.4) is 0 Å². The molecular formula is C10H10ClF2NO3. The molecule has 0 saturated carbocycles. The highest BCUT2D eigenvalue weighted by atomic mass is 35.5. The van der Waals surface area contributed by atoms with Gasteiger partial charge in [0.1, 0.15) is 5.69 Å². The summed E-state index contributed by atoms with van der Waals surface area (Å²) in [6.07, 6.45) is -3.16. The van der Waals surface area contributed by atoms with E-state index < -0.39 is 29.0 Å². The number of ether oxygens (including phenoxy) is 1. The van der Waals surface area contributed by atoms with Gasteiger partial charge in [0.05, 0.1) is 13.0 Å². The topological polar surface area (TPSA) is 59.4 Å².